The molecule has 8 heteroatoms. The minimum Gasteiger partial charge on any atom is -0.324 e. The molecule has 0 aliphatic carbocycles. The number of aryl methyl sites for hydroxylation is 2. The van der Waals surface area contributed by atoms with Gasteiger partial charge in [0.15, 0.2) is 0 Å². The maximum Gasteiger partial charge on any atom is 0.333 e. The van der Waals surface area contributed by atoms with E-state index in [1.54, 1.807) is 11.8 Å². The Morgan fingerprint density at radius 2 is 1.52 bits per heavy atom. The summed E-state index contributed by atoms with van der Waals surface area (Å²) in [5, 5.41) is 3.04. The van der Waals surface area contributed by atoms with E-state index in [-0.39, 0.29) is 24.5 Å². The maximum atomic E-state index is 13.0. The van der Waals surface area contributed by atoms with Gasteiger partial charge in [-0.2, -0.15) is 0 Å². The molecule has 2 aromatic carbocycles. The van der Waals surface area contributed by atoms with Gasteiger partial charge in [-0.05, 0) is 44.0 Å². The topological polar surface area (TPSA) is 76.2 Å². The fraction of sp³-hybridized carbons (Fsp3) is 0.400. The number of anilines is 2. The molecule has 4 amide bonds. The summed E-state index contributed by atoms with van der Waals surface area (Å²) in [7, 11) is 0. The van der Waals surface area contributed by atoms with Crippen LogP contribution in [0.15, 0.2) is 48.5 Å². The van der Waals surface area contributed by atoms with Crippen LogP contribution in [0.5, 0.6) is 0 Å². The van der Waals surface area contributed by atoms with E-state index in [4.69, 9.17) is 0 Å². The highest BCUT2D eigenvalue weighted by atomic mass is 16.2. The number of urea groups is 1. The highest BCUT2D eigenvalue weighted by molar-refractivity contribution is 6.14. The first-order valence-corrected chi connectivity index (χ1v) is 11.4. The molecule has 8 nitrogen and oxygen atoms in total. The largest absolute Gasteiger partial charge is 0.333 e. The van der Waals surface area contributed by atoms with Gasteiger partial charge in [-0.3, -0.25) is 24.3 Å². The fourth-order valence-corrected chi connectivity index (χ4v) is 4.46. The molecular weight excluding hydrogens is 418 g/mol. The second-order valence-electron chi connectivity index (χ2n) is 8.78. The zero-order valence-corrected chi connectivity index (χ0v) is 19.5. The van der Waals surface area contributed by atoms with Crippen LogP contribution in [0.3, 0.4) is 0 Å². The summed E-state index contributed by atoms with van der Waals surface area (Å²) >= 11 is 0. The van der Waals surface area contributed by atoms with Crippen molar-refractivity contribution in [2.24, 2.45) is 0 Å². The van der Waals surface area contributed by atoms with Crippen LogP contribution in [0.25, 0.3) is 0 Å². The molecule has 4 rings (SSSR count). The molecule has 0 bridgehead atoms. The quantitative estimate of drug-likeness (QED) is 0.687. The SMILES string of the molecule is Cc1cccc(C)c1NC(=O)CN1CCN(CN2C(=O)C(C)N(c3ccccc3)C2=O)CC1. The average molecular weight is 450 g/mol. The first kappa shape index (κ1) is 22.9. The predicted octanol–water partition coefficient (Wildman–Crippen LogP) is 2.67. The third-order valence-electron chi connectivity index (χ3n) is 6.40. The van der Waals surface area contributed by atoms with Crippen LogP contribution in [-0.4, -0.2) is 78.0 Å². The van der Waals surface area contributed by atoms with E-state index in [0.29, 0.717) is 32.7 Å². The number of benzene rings is 2. The Bertz CT molecular complexity index is 1010. The molecule has 0 spiro atoms. The normalized spacial score (nSPS) is 19.9. The summed E-state index contributed by atoms with van der Waals surface area (Å²) < 4.78 is 0. The Hall–Kier alpha value is -3.23. The molecule has 1 N–H and O–H groups in total. The lowest BCUT2D eigenvalue weighted by atomic mass is 10.1. The van der Waals surface area contributed by atoms with Crippen LogP contribution in [0.2, 0.25) is 0 Å². The number of piperazine rings is 1. The molecule has 0 saturated carbocycles. The van der Waals surface area contributed by atoms with Crippen molar-refractivity contribution in [2.45, 2.75) is 26.8 Å². The molecular formula is C25H31N5O3. The van der Waals surface area contributed by atoms with Crippen molar-refractivity contribution in [3.05, 3.63) is 59.7 Å². The van der Waals surface area contributed by atoms with Crippen molar-refractivity contribution in [3.8, 4) is 0 Å². The zero-order chi connectivity index (χ0) is 23.5. The van der Waals surface area contributed by atoms with E-state index in [1.807, 2.05) is 62.4 Å². The van der Waals surface area contributed by atoms with Gasteiger partial charge in [0.1, 0.15) is 6.04 Å². The summed E-state index contributed by atoms with van der Waals surface area (Å²) in [5.41, 5.74) is 3.70. The lowest BCUT2D eigenvalue weighted by Gasteiger charge is -2.35. The van der Waals surface area contributed by atoms with Gasteiger partial charge in [0.25, 0.3) is 5.91 Å². The predicted molar refractivity (Wildman–Crippen MR) is 128 cm³/mol. The van der Waals surface area contributed by atoms with E-state index in [0.717, 1.165) is 22.5 Å². The standard InChI is InChI=1S/C25H31N5O3/c1-18-8-7-9-19(2)23(18)26-22(31)16-27-12-14-28(15-13-27)17-29-24(32)20(3)30(25(29)33)21-10-5-4-6-11-21/h4-11,20H,12-17H2,1-3H3,(H,26,31). The van der Waals surface area contributed by atoms with E-state index in [1.165, 1.54) is 4.90 Å². The minimum absolute atomic E-state index is 0.0296. The first-order valence-electron chi connectivity index (χ1n) is 11.4. The second kappa shape index (κ2) is 9.72. The molecule has 0 radical (unpaired) electrons. The Morgan fingerprint density at radius 1 is 0.909 bits per heavy atom. The van der Waals surface area contributed by atoms with Crippen LogP contribution < -0.4 is 10.2 Å². The number of nitrogens with one attached hydrogen (secondary N) is 1. The highest BCUT2D eigenvalue weighted by Gasteiger charge is 2.44. The molecule has 2 heterocycles. The van der Waals surface area contributed by atoms with Crippen LogP contribution in [0, 0.1) is 13.8 Å². The third kappa shape index (κ3) is 4.91. The zero-order valence-electron chi connectivity index (χ0n) is 19.5. The molecule has 1 atom stereocenters. The van der Waals surface area contributed by atoms with E-state index < -0.39 is 6.04 Å². The van der Waals surface area contributed by atoms with Gasteiger partial charge in [0.05, 0.1) is 13.2 Å². The van der Waals surface area contributed by atoms with Gasteiger partial charge >= 0.3 is 6.03 Å². The Morgan fingerprint density at radius 3 is 2.15 bits per heavy atom. The molecule has 174 valence electrons. The van der Waals surface area contributed by atoms with Gasteiger partial charge in [0.2, 0.25) is 5.91 Å². The smallest absolute Gasteiger partial charge is 0.324 e. The van der Waals surface area contributed by atoms with E-state index >= 15 is 0 Å². The lowest BCUT2D eigenvalue weighted by Crippen LogP contribution is -2.52. The number of rotatable bonds is 6. The number of imide groups is 1. The Labute approximate surface area is 194 Å². The van der Waals surface area contributed by atoms with Crippen LogP contribution in [0.4, 0.5) is 16.2 Å². The molecule has 0 aromatic heterocycles. The fourth-order valence-electron chi connectivity index (χ4n) is 4.46. The van der Waals surface area contributed by atoms with Gasteiger partial charge in [-0.25, -0.2) is 9.69 Å². The van der Waals surface area contributed by atoms with Crippen molar-refractivity contribution in [3.63, 3.8) is 0 Å². The summed E-state index contributed by atoms with van der Waals surface area (Å²) in [6, 6.07) is 14.4. The number of para-hydroxylation sites is 2. The lowest BCUT2D eigenvalue weighted by molar-refractivity contribution is -0.128. The van der Waals surface area contributed by atoms with Gasteiger partial charge in [-0.1, -0.05) is 36.4 Å². The molecule has 2 aromatic rings. The average Bonchev–Trinajstić information content (AvgIpc) is 3.01. The minimum atomic E-state index is -0.519. The van der Waals surface area contributed by atoms with Gasteiger partial charge < -0.3 is 5.32 Å². The molecule has 2 aliphatic heterocycles. The number of hydrogen-bond donors (Lipinski definition) is 1. The number of carbonyl (C=O) groups is 3. The maximum absolute atomic E-state index is 13.0. The summed E-state index contributed by atoms with van der Waals surface area (Å²) in [6.45, 7) is 9.11. The van der Waals surface area contributed by atoms with Crippen LogP contribution in [0.1, 0.15) is 18.1 Å². The molecule has 2 fully saturated rings. The molecule has 2 aliphatic rings. The van der Waals surface area contributed by atoms with Crippen LogP contribution >= 0.6 is 0 Å². The highest BCUT2D eigenvalue weighted by Crippen LogP contribution is 2.26. The third-order valence-corrected chi connectivity index (χ3v) is 6.40. The summed E-state index contributed by atoms with van der Waals surface area (Å²) in [6.07, 6.45) is 0. The van der Waals surface area contributed by atoms with Crippen molar-refractivity contribution in [2.75, 3.05) is 49.6 Å². The molecule has 33 heavy (non-hydrogen) atoms. The Kier molecular flexibility index (Phi) is 6.76. The molecule has 1 unspecified atom stereocenters. The van der Waals surface area contributed by atoms with Crippen LogP contribution in [-0.2, 0) is 9.59 Å². The summed E-state index contributed by atoms with van der Waals surface area (Å²) in [4.78, 5) is 45.4. The second-order valence-corrected chi connectivity index (χ2v) is 8.78. The number of amides is 4. The van der Waals surface area contributed by atoms with Crippen molar-refractivity contribution in [1.29, 1.82) is 0 Å². The molecule has 2 saturated heterocycles. The summed E-state index contributed by atoms with van der Waals surface area (Å²) in [5.74, 6) is -0.211. The van der Waals surface area contributed by atoms with E-state index in [9.17, 15) is 14.4 Å². The number of hydrogen-bond acceptors (Lipinski definition) is 5. The number of nitrogens with zero attached hydrogens (tertiary/aromatic N) is 4. The first-order chi connectivity index (χ1) is 15.8. The Balaban J connectivity index is 1.29. The van der Waals surface area contributed by atoms with E-state index in [2.05, 4.69) is 15.1 Å². The van der Waals surface area contributed by atoms with Crippen molar-refractivity contribution >= 4 is 29.2 Å². The monoisotopic (exact) mass is 449 g/mol. The number of carbonyl (C=O) groups excluding carboxylic acids is 3. The van der Waals surface area contributed by atoms with Gasteiger partial charge in [-0.15, -0.1) is 0 Å². The van der Waals surface area contributed by atoms with Gasteiger partial charge in [0, 0.05) is 37.6 Å². The van der Waals surface area contributed by atoms with Crippen molar-refractivity contribution in [1.82, 2.24) is 14.7 Å². The van der Waals surface area contributed by atoms with Crippen molar-refractivity contribution < 1.29 is 14.4 Å².